The van der Waals surface area contributed by atoms with E-state index in [0.717, 1.165) is 10.9 Å². The number of nitrogens with one attached hydrogen (secondary N) is 2. The minimum atomic E-state index is -0.109. The molecule has 0 spiro atoms. The van der Waals surface area contributed by atoms with Crippen molar-refractivity contribution >= 4 is 23.4 Å². The summed E-state index contributed by atoms with van der Waals surface area (Å²) in [5.74, 6) is -0.109. The number of nitrogens with zero attached hydrogens (tertiary/aromatic N) is 1. The lowest BCUT2D eigenvalue weighted by Crippen LogP contribution is -2.27. The van der Waals surface area contributed by atoms with Crippen molar-refractivity contribution in [3.63, 3.8) is 0 Å². The van der Waals surface area contributed by atoms with Gasteiger partial charge in [0.05, 0.1) is 0 Å². The van der Waals surface area contributed by atoms with Crippen LogP contribution in [0.15, 0.2) is 18.3 Å². The Morgan fingerprint density at radius 1 is 1.40 bits per heavy atom. The van der Waals surface area contributed by atoms with Gasteiger partial charge < -0.3 is 10.6 Å². The van der Waals surface area contributed by atoms with E-state index in [2.05, 4.69) is 21.9 Å². The van der Waals surface area contributed by atoms with Crippen LogP contribution in [0.4, 0.5) is 5.69 Å². The Labute approximate surface area is 125 Å². The summed E-state index contributed by atoms with van der Waals surface area (Å²) in [5, 5.41) is 7.12. The zero-order valence-electron chi connectivity index (χ0n) is 12.2. The average molecular weight is 293 g/mol. The summed E-state index contributed by atoms with van der Waals surface area (Å²) < 4.78 is 0. The van der Waals surface area contributed by atoms with Crippen molar-refractivity contribution in [2.45, 2.75) is 43.9 Å². The van der Waals surface area contributed by atoms with E-state index in [1.165, 1.54) is 25.7 Å². The van der Waals surface area contributed by atoms with Crippen LogP contribution in [-0.2, 0) is 0 Å². The molecule has 110 valence electrons. The monoisotopic (exact) mass is 293 g/mol. The first-order valence-electron chi connectivity index (χ1n) is 7.26. The maximum Gasteiger partial charge on any atom is 0.269 e. The summed E-state index contributed by atoms with van der Waals surface area (Å²) in [6, 6.07) is 4.29. The molecule has 2 rings (SSSR count). The third kappa shape index (κ3) is 4.13. The summed E-state index contributed by atoms with van der Waals surface area (Å²) in [4.78, 5) is 15.9. The third-order valence-corrected chi connectivity index (χ3v) is 4.85. The van der Waals surface area contributed by atoms with Gasteiger partial charge in [-0.05, 0) is 51.0 Å². The van der Waals surface area contributed by atoms with E-state index in [9.17, 15) is 4.79 Å². The molecule has 1 amide bonds. The molecule has 0 aromatic carbocycles. The van der Waals surface area contributed by atoms with Gasteiger partial charge in [0, 0.05) is 29.7 Å². The number of rotatable bonds is 5. The number of anilines is 1. The molecule has 1 aromatic rings. The minimum absolute atomic E-state index is 0.109. The third-order valence-electron chi connectivity index (χ3n) is 3.71. The van der Waals surface area contributed by atoms with E-state index in [1.54, 1.807) is 6.20 Å². The Hall–Kier alpha value is -1.23. The van der Waals surface area contributed by atoms with Crippen molar-refractivity contribution in [2.24, 2.45) is 0 Å². The Balaban J connectivity index is 1.93. The molecule has 1 heterocycles. The molecule has 0 atom stereocenters. The Morgan fingerprint density at radius 2 is 2.15 bits per heavy atom. The van der Waals surface area contributed by atoms with Crippen LogP contribution in [0.1, 0.15) is 43.1 Å². The van der Waals surface area contributed by atoms with E-state index in [0.29, 0.717) is 18.3 Å². The molecular formula is C15H23N3OS. The fourth-order valence-electron chi connectivity index (χ4n) is 2.57. The van der Waals surface area contributed by atoms with E-state index >= 15 is 0 Å². The second-order valence-electron chi connectivity index (χ2n) is 5.14. The number of carbonyl (C=O) groups excluding carboxylic acids is 1. The maximum absolute atomic E-state index is 11.8. The minimum Gasteiger partial charge on any atom is -0.382 e. The van der Waals surface area contributed by atoms with Gasteiger partial charge in [-0.3, -0.25) is 9.78 Å². The Morgan fingerprint density at radius 3 is 2.80 bits per heavy atom. The number of aromatic nitrogens is 1. The van der Waals surface area contributed by atoms with Gasteiger partial charge in [0.1, 0.15) is 5.69 Å². The smallest absolute Gasteiger partial charge is 0.269 e. The van der Waals surface area contributed by atoms with E-state index in [-0.39, 0.29) is 5.91 Å². The maximum atomic E-state index is 11.8. The molecule has 1 fully saturated rings. The molecule has 0 radical (unpaired) electrons. The van der Waals surface area contributed by atoms with Crippen LogP contribution >= 0.6 is 11.8 Å². The summed E-state index contributed by atoms with van der Waals surface area (Å²) in [7, 11) is 0. The van der Waals surface area contributed by atoms with Crippen molar-refractivity contribution in [1.29, 1.82) is 0 Å². The van der Waals surface area contributed by atoms with Crippen LogP contribution in [0.2, 0.25) is 0 Å². The lowest BCUT2D eigenvalue weighted by molar-refractivity contribution is 0.0951. The van der Waals surface area contributed by atoms with Crippen LogP contribution in [-0.4, -0.2) is 35.0 Å². The van der Waals surface area contributed by atoms with Gasteiger partial charge in [-0.2, -0.15) is 11.8 Å². The molecule has 2 N–H and O–H groups in total. The van der Waals surface area contributed by atoms with Crippen LogP contribution in [0.3, 0.4) is 0 Å². The molecular weight excluding hydrogens is 270 g/mol. The molecule has 0 bridgehead atoms. The average Bonchev–Trinajstić information content (AvgIpc) is 2.48. The molecule has 4 nitrogen and oxygen atoms in total. The first-order chi connectivity index (χ1) is 9.72. The number of hydrogen-bond donors (Lipinski definition) is 2. The summed E-state index contributed by atoms with van der Waals surface area (Å²) >= 11 is 1.98. The zero-order valence-corrected chi connectivity index (χ0v) is 13.0. The molecule has 5 heteroatoms. The normalized spacial score (nSPS) is 22.3. The number of hydrogen-bond acceptors (Lipinski definition) is 4. The van der Waals surface area contributed by atoms with Crippen molar-refractivity contribution in [3.8, 4) is 0 Å². The lowest BCUT2D eigenvalue weighted by atomic mass is 9.95. The van der Waals surface area contributed by atoms with Crippen molar-refractivity contribution in [1.82, 2.24) is 10.3 Å². The van der Waals surface area contributed by atoms with Crippen LogP contribution in [0.5, 0.6) is 0 Å². The van der Waals surface area contributed by atoms with Crippen LogP contribution in [0, 0.1) is 0 Å². The first-order valence-corrected chi connectivity index (χ1v) is 8.55. The zero-order chi connectivity index (χ0) is 14.4. The van der Waals surface area contributed by atoms with Crippen molar-refractivity contribution in [3.05, 3.63) is 24.0 Å². The largest absolute Gasteiger partial charge is 0.382 e. The summed E-state index contributed by atoms with van der Waals surface area (Å²) in [6.45, 7) is 2.53. The van der Waals surface area contributed by atoms with Crippen LogP contribution in [0.25, 0.3) is 0 Å². The quantitative estimate of drug-likeness (QED) is 0.876. The van der Waals surface area contributed by atoms with Gasteiger partial charge in [0.15, 0.2) is 0 Å². The Bertz CT molecular complexity index is 444. The second-order valence-corrected chi connectivity index (χ2v) is 6.28. The molecule has 1 saturated carbocycles. The van der Waals surface area contributed by atoms with Gasteiger partial charge in [0.25, 0.3) is 5.91 Å². The predicted molar refractivity (Wildman–Crippen MR) is 85.4 cm³/mol. The molecule has 1 aliphatic rings. The number of amides is 1. The fraction of sp³-hybridized carbons (Fsp3) is 0.600. The van der Waals surface area contributed by atoms with Gasteiger partial charge in [0.2, 0.25) is 0 Å². The fourth-order valence-corrected chi connectivity index (χ4v) is 3.32. The summed E-state index contributed by atoms with van der Waals surface area (Å²) in [5.41, 5.74) is 1.48. The lowest BCUT2D eigenvalue weighted by Gasteiger charge is -2.28. The van der Waals surface area contributed by atoms with Gasteiger partial charge in [-0.15, -0.1) is 0 Å². The standard InChI is InChI=1S/C15H23N3OS/c1-3-16-15(19)14-10-12(8-9-17-14)18-11-4-6-13(20-2)7-5-11/h8-11,13H,3-7H2,1-2H3,(H,16,19)(H,17,18). The van der Waals surface area contributed by atoms with Crippen LogP contribution < -0.4 is 10.6 Å². The highest BCUT2D eigenvalue weighted by Gasteiger charge is 2.20. The molecule has 0 unspecified atom stereocenters. The van der Waals surface area contributed by atoms with Crippen molar-refractivity contribution in [2.75, 3.05) is 18.1 Å². The summed E-state index contributed by atoms with van der Waals surface area (Å²) in [6.07, 6.45) is 8.83. The van der Waals surface area contributed by atoms with Gasteiger partial charge in [-0.25, -0.2) is 0 Å². The number of pyridine rings is 1. The van der Waals surface area contributed by atoms with Crippen molar-refractivity contribution < 1.29 is 4.79 Å². The van der Waals surface area contributed by atoms with E-state index in [1.807, 2.05) is 30.8 Å². The molecule has 20 heavy (non-hydrogen) atoms. The van der Waals surface area contributed by atoms with E-state index in [4.69, 9.17) is 0 Å². The highest BCUT2D eigenvalue weighted by atomic mass is 32.2. The molecule has 1 aliphatic carbocycles. The number of carbonyl (C=O) groups is 1. The SMILES string of the molecule is CCNC(=O)c1cc(NC2CCC(SC)CC2)ccn1. The molecule has 0 saturated heterocycles. The number of thioether (sulfide) groups is 1. The Kier molecular flexibility index (Phi) is 5.71. The first kappa shape index (κ1) is 15.2. The topological polar surface area (TPSA) is 54.0 Å². The second kappa shape index (κ2) is 7.53. The molecule has 1 aromatic heterocycles. The van der Waals surface area contributed by atoms with E-state index < -0.39 is 0 Å². The van der Waals surface area contributed by atoms with Gasteiger partial charge in [-0.1, -0.05) is 0 Å². The molecule has 0 aliphatic heterocycles. The highest BCUT2D eigenvalue weighted by molar-refractivity contribution is 7.99. The predicted octanol–water partition coefficient (Wildman–Crippen LogP) is 2.92. The highest BCUT2D eigenvalue weighted by Crippen LogP contribution is 2.28. The van der Waals surface area contributed by atoms with Gasteiger partial charge >= 0.3 is 0 Å².